The number of nitrogens with one attached hydrogen (secondary N) is 1. The highest BCUT2D eigenvalue weighted by atomic mass is 16.2. The van der Waals surface area contributed by atoms with Gasteiger partial charge in [-0.05, 0) is 24.3 Å². The summed E-state index contributed by atoms with van der Waals surface area (Å²) in [7, 11) is 0. The lowest BCUT2D eigenvalue weighted by Gasteiger charge is -2.18. The number of benzene rings is 1. The lowest BCUT2D eigenvalue weighted by atomic mass is 9.95. The molecule has 0 aliphatic rings. The largest absolute Gasteiger partial charge is 0.397 e. The Morgan fingerprint density at radius 2 is 2.00 bits per heavy atom. The van der Waals surface area contributed by atoms with Gasteiger partial charge in [-0.2, -0.15) is 0 Å². The van der Waals surface area contributed by atoms with Crippen molar-refractivity contribution in [3.05, 3.63) is 30.5 Å². The third-order valence-electron chi connectivity index (χ3n) is 2.73. The Balaban J connectivity index is 2.47. The van der Waals surface area contributed by atoms with Crippen molar-refractivity contribution in [3.63, 3.8) is 0 Å². The van der Waals surface area contributed by atoms with Gasteiger partial charge in [0.1, 0.15) is 0 Å². The number of hydrogen-bond acceptors (Lipinski definition) is 3. The highest BCUT2D eigenvalue weighted by Gasteiger charge is 2.21. The molecule has 0 fully saturated rings. The van der Waals surface area contributed by atoms with Crippen LogP contribution in [-0.2, 0) is 4.79 Å². The number of amides is 1. The summed E-state index contributed by atoms with van der Waals surface area (Å²) in [6.07, 6.45) is 1.69. The highest BCUT2D eigenvalue weighted by Crippen LogP contribution is 2.27. The van der Waals surface area contributed by atoms with E-state index < -0.39 is 5.41 Å². The lowest BCUT2D eigenvalue weighted by molar-refractivity contribution is -0.123. The summed E-state index contributed by atoms with van der Waals surface area (Å²) in [4.78, 5) is 16.2. The molecule has 1 amide bonds. The average Bonchev–Trinajstić information content (AvgIpc) is 2.32. The number of nitrogens with zero attached hydrogens (tertiary/aromatic N) is 1. The standard InChI is InChI=1S/C14H17N3O/c1-14(2,3)13(18)17-11-7-6-10(15)12-9(11)5-4-8-16-12/h4-8H,15H2,1-3H3,(H,17,18). The van der Waals surface area contributed by atoms with Gasteiger partial charge < -0.3 is 11.1 Å². The molecule has 0 unspecified atom stereocenters. The molecule has 4 nitrogen and oxygen atoms in total. The molecular weight excluding hydrogens is 226 g/mol. The maximum absolute atomic E-state index is 12.0. The van der Waals surface area contributed by atoms with E-state index in [0.717, 1.165) is 11.1 Å². The van der Waals surface area contributed by atoms with Gasteiger partial charge >= 0.3 is 0 Å². The molecule has 18 heavy (non-hydrogen) atoms. The van der Waals surface area contributed by atoms with Crippen LogP contribution in [0.25, 0.3) is 10.9 Å². The first-order chi connectivity index (χ1) is 8.39. The molecule has 1 aromatic heterocycles. The Hall–Kier alpha value is -2.10. The predicted molar refractivity (Wildman–Crippen MR) is 74.2 cm³/mol. The molecule has 0 aliphatic carbocycles. The molecule has 1 aromatic carbocycles. The van der Waals surface area contributed by atoms with E-state index in [2.05, 4.69) is 10.3 Å². The summed E-state index contributed by atoms with van der Waals surface area (Å²) in [5.41, 5.74) is 7.50. The maximum atomic E-state index is 12.0. The Morgan fingerprint density at radius 3 is 2.67 bits per heavy atom. The molecule has 0 saturated heterocycles. The molecule has 94 valence electrons. The van der Waals surface area contributed by atoms with Gasteiger partial charge in [0.2, 0.25) is 5.91 Å². The van der Waals surface area contributed by atoms with Crippen LogP contribution in [0, 0.1) is 5.41 Å². The van der Waals surface area contributed by atoms with Gasteiger partial charge in [0.25, 0.3) is 0 Å². The smallest absolute Gasteiger partial charge is 0.229 e. The summed E-state index contributed by atoms with van der Waals surface area (Å²) >= 11 is 0. The zero-order valence-corrected chi connectivity index (χ0v) is 10.8. The van der Waals surface area contributed by atoms with Crippen molar-refractivity contribution < 1.29 is 4.79 Å². The van der Waals surface area contributed by atoms with E-state index in [1.807, 2.05) is 39.0 Å². The van der Waals surface area contributed by atoms with Crippen molar-refractivity contribution >= 4 is 28.2 Å². The summed E-state index contributed by atoms with van der Waals surface area (Å²) < 4.78 is 0. The summed E-state index contributed by atoms with van der Waals surface area (Å²) in [5, 5.41) is 3.77. The average molecular weight is 243 g/mol. The van der Waals surface area contributed by atoms with E-state index >= 15 is 0 Å². The lowest BCUT2D eigenvalue weighted by Crippen LogP contribution is -2.27. The van der Waals surface area contributed by atoms with Crippen molar-refractivity contribution in [2.75, 3.05) is 11.1 Å². The van der Waals surface area contributed by atoms with Crippen molar-refractivity contribution in [2.45, 2.75) is 20.8 Å². The van der Waals surface area contributed by atoms with Crippen LogP contribution in [0.2, 0.25) is 0 Å². The third kappa shape index (κ3) is 2.27. The van der Waals surface area contributed by atoms with Crippen molar-refractivity contribution in [2.24, 2.45) is 5.41 Å². The number of aromatic nitrogens is 1. The zero-order chi connectivity index (χ0) is 13.3. The monoisotopic (exact) mass is 243 g/mol. The van der Waals surface area contributed by atoms with Crippen LogP contribution >= 0.6 is 0 Å². The van der Waals surface area contributed by atoms with E-state index in [-0.39, 0.29) is 5.91 Å². The van der Waals surface area contributed by atoms with Crippen LogP contribution in [0.4, 0.5) is 11.4 Å². The van der Waals surface area contributed by atoms with Gasteiger partial charge in [0, 0.05) is 17.0 Å². The Bertz CT molecular complexity index is 600. The van der Waals surface area contributed by atoms with Crippen molar-refractivity contribution in [3.8, 4) is 0 Å². The van der Waals surface area contributed by atoms with Crippen LogP contribution in [0.15, 0.2) is 30.5 Å². The van der Waals surface area contributed by atoms with Crippen LogP contribution in [0.1, 0.15) is 20.8 Å². The van der Waals surface area contributed by atoms with E-state index in [4.69, 9.17) is 5.73 Å². The quantitative estimate of drug-likeness (QED) is 0.757. The first-order valence-corrected chi connectivity index (χ1v) is 5.84. The SMILES string of the molecule is CC(C)(C)C(=O)Nc1ccc(N)c2ncccc12. The van der Waals surface area contributed by atoms with Gasteiger partial charge in [-0.15, -0.1) is 0 Å². The third-order valence-corrected chi connectivity index (χ3v) is 2.73. The van der Waals surface area contributed by atoms with Gasteiger partial charge in [0.05, 0.1) is 16.9 Å². The number of fused-ring (bicyclic) bond motifs is 1. The van der Waals surface area contributed by atoms with Crippen LogP contribution in [0.5, 0.6) is 0 Å². The molecule has 2 rings (SSSR count). The number of anilines is 2. The molecule has 4 heteroatoms. The fourth-order valence-corrected chi connectivity index (χ4v) is 1.61. The van der Waals surface area contributed by atoms with Gasteiger partial charge in [-0.25, -0.2) is 0 Å². The molecule has 0 atom stereocenters. The Morgan fingerprint density at radius 1 is 1.28 bits per heavy atom. The molecule has 1 heterocycles. The minimum Gasteiger partial charge on any atom is -0.397 e. The molecule has 0 saturated carbocycles. The molecule has 0 radical (unpaired) electrons. The van der Waals surface area contributed by atoms with E-state index in [9.17, 15) is 4.79 Å². The highest BCUT2D eigenvalue weighted by molar-refractivity contribution is 6.05. The topological polar surface area (TPSA) is 68.0 Å². The number of pyridine rings is 1. The van der Waals surface area contributed by atoms with Crippen molar-refractivity contribution in [1.82, 2.24) is 4.98 Å². The number of nitrogen functional groups attached to an aromatic ring is 1. The van der Waals surface area contributed by atoms with E-state index in [0.29, 0.717) is 11.2 Å². The second-order valence-electron chi connectivity index (χ2n) is 5.31. The summed E-state index contributed by atoms with van der Waals surface area (Å²) in [6, 6.07) is 7.29. The van der Waals surface area contributed by atoms with Gasteiger partial charge in [0.15, 0.2) is 0 Å². The molecule has 0 spiro atoms. The van der Waals surface area contributed by atoms with E-state index in [1.54, 1.807) is 12.3 Å². The molecular formula is C14H17N3O. The first kappa shape index (κ1) is 12.4. The minimum absolute atomic E-state index is 0.0302. The second-order valence-corrected chi connectivity index (χ2v) is 5.31. The van der Waals surface area contributed by atoms with E-state index in [1.165, 1.54) is 0 Å². The van der Waals surface area contributed by atoms with Gasteiger partial charge in [-0.3, -0.25) is 9.78 Å². The molecule has 0 bridgehead atoms. The fraction of sp³-hybridized carbons (Fsp3) is 0.286. The van der Waals surface area contributed by atoms with Crippen LogP contribution < -0.4 is 11.1 Å². The van der Waals surface area contributed by atoms with Crippen molar-refractivity contribution in [1.29, 1.82) is 0 Å². The number of rotatable bonds is 1. The van der Waals surface area contributed by atoms with Crippen LogP contribution in [0.3, 0.4) is 0 Å². The molecule has 0 aliphatic heterocycles. The first-order valence-electron chi connectivity index (χ1n) is 5.84. The van der Waals surface area contributed by atoms with Gasteiger partial charge in [-0.1, -0.05) is 20.8 Å². The Labute approximate surface area is 106 Å². The summed E-state index contributed by atoms with van der Waals surface area (Å²) in [5.74, 6) is -0.0302. The zero-order valence-electron chi connectivity index (χ0n) is 10.8. The number of nitrogens with two attached hydrogens (primary N) is 1. The molecule has 2 aromatic rings. The number of hydrogen-bond donors (Lipinski definition) is 2. The van der Waals surface area contributed by atoms with Crippen LogP contribution in [-0.4, -0.2) is 10.9 Å². The second kappa shape index (κ2) is 4.29. The minimum atomic E-state index is -0.435. The maximum Gasteiger partial charge on any atom is 0.229 e. The normalized spacial score (nSPS) is 11.5. The fourth-order valence-electron chi connectivity index (χ4n) is 1.61. The number of carbonyl (C=O) groups excluding carboxylic acids is 1. The predicted octanol–water partition coefficient (Wildman–Crippen LogP) is 2.80. The Kier molecular flexibility index (Phi) is 2.95. The molecule has 3 N–H and O–H groups in total. The summed E-state index contributed by atoms with van der Waals surface area (Å²) in [6.45, 7) is 5.63. The number of carbonyl (C=O) groups is 1.